The smallest absolute Gasteiger partial charge is 0.0231 e. The number of allylic oxidation sites excluding steroid dienone is 4. The number of rotatable bonds is 2. The highest BCUT2D eigenvalue weighted by Gasteiger charge is 1.72. The zero-order valence-electron chi connectivity index (χ0n) is 4.89. The summed E-state index contributed by atoms with van der Waals surface area (Å²) in [6, 6.07) is 0. The molecule has 0 N–H and O–H groups in total. The third kappa shape index (κ3) is 4.12. The minimum atomic E-state index is 1.23. The molecule has 0 rings (SSSR count). The fraction of sp³-hybridized carbons (Fsp3) is 0.143. The van der Waals surface area contributed by atoms with E-state index in [0.29, 0.717) is 0 Å². The van der Waals surface area contributed by atoms with Gasteiger partial charge in [0.05, 0.1) is 0 Å². The zero-order valence-corrected chi connectivity index (χ0v) is 7.05. The monoisotopic (exact) mass is 220 g/mol. The van der Waals surface area contributed by atoms with E-state index >= 15 is 0 Å². The summed E-state index contributed by atoms with van der Waals surface area (Å²) in [5, 5.41) is 0. The average molecular weight is 220 g/mol. The maximum Gasteiger partial charge on any atom is -0.0231 e. The predicted octanol–water partition coefficient (Wildman–Crippen LogP) is 3.07. The Morgan fingerprint density at radius 2 is 2.25 bits per heavy atom. The van der Waals surface area contributed by atoms with Gasteiger partial charge >= 0.3 is 0 Å². The Kier molecular flexibility index (Phi) is 5.06. The van der Waals surface area contributed by atoms with Gasteiger partial charge in [-0.1, -0.05) is 53.0 Å². The van der Waals surface area contributed by atoms with Crippen molar-refractivity contribution in [3.8, 4) is 0 Å². The molecule has 44 valence electrons. The molecule has 0 radical (unpaired) electrons. The molecule has 0 aromatic carbocycles. The summed E-state index contributed by atoms with van der Waals surface area (Å²) in [6.07, 6.45) is 5.78. The van der Waals surface area contributed by atoms with Crippen molar-refractivity contribution in [2.45, 2.75) is 6.92 Å². The molecule has 0 fully saturated rings. The quantitative estimate of drug-likeness (QED) is 0.495. The van der Waals surface area contributed by atoms with Gasteiger partial charge in [-0.2, -0.15) is 0 Å². The largest absolute Gasteiger partial charge is 0.0991 e. The van der Waals surface area contributed by atoms with Crippen molar-refractivity contribution < 1.29 is 0 Å². The van der Waals surface area contributed by atoms with Gasteiger partial charge in [0.15, 0.2) is 0 Å². The Hall–Kier alpha value is -0.0500. The summed E-state index contributed by atoms with van der Waals surface area (Å²) in [5.74, 6) is 0. The normalized spacial score (nSPS) is 12.5. The molecule has 0 atom stereocenters. The molecule has 0 saturated heterocycles. The fourth-order valence-corrected chi connectivity index (χ4v) is 0.908. The predicted molar refractivity (Wildman–Crippen MR) is 47.1 cm³/mol. The van der Waals surface area contributed by atoms with E-state index in [1.54, 1.807) is 6.08 Å². The van der Waals surface area contributed by atoms with Gasteiger partial charge in [0.2, 0.25) is 0 Å². The van der Waals surface area contributed by atoms with Gasteiger partial charge < -0.3 is 0 Å². The van der Waals surface area contributed by atoms with Crippen LogP contribution in [-0.4, -0.2) is 0 Å². The van der Waals surface area contributed by atoms with E-state index in [9.17, 15) is 0 Å². The van der Waals surface area contributed by atoms with Gasteiger partial charge in [-0.3, -0.25) is 0 Å². The summed E-state index contributed by atoms with van der Waals surface area (Å²) in [4.78, 5) is 0. The molecule has 0 aliphatic heterocycles. The van der Waals surface area contributed by atoms with E-state index in [1.165, 1.54) is 5.57 Å². The second-order valence-electron chi connectivity index (χ2n) is 1.44. The highest BCUT2D eigenvalue weighted by Crippen LogP contribution is 1.96. The van der Waals surface area contributed by atoms with E-state index in [0.717, 1.165) is 0 Å². The third-order valence-electron chi connectivity index (χ3n) is 0.707. The first-order valence-electron chi connectivity index (χ1n) is 2.37. The summed E-state index contributed by atoms with van der Waals surface area (Å²) in [7, 11) is 0. The fourth-order valence-electron chi connectivity index (χ4n) is 0.341. The Bertz CT molecular complexity index is 120. The lowest BCUT2D eigenvalue weighted by Gasteiger charge is -1.82. The van der Waals surface area contributed by atoms with Crippen LogP contribution in [0.5, 0.6) is 0 Å². The molecule has 8 heavy (non-hydrogen) atoms. The maximum atomic E-state index is 3.57. The molecule has 0 nitrogen and oxygen atoms in total. The first-order valence-corrected chi connectivity index (χ1v) is 3.62. The third-order valence-corrected chi connectivity index (χ3v) is 1.07. The molecule has 0 bridgehead atoms. The highest BCUT2D eigenvalue weighted by molar-refractivity contribution is 14.1. The summed E-state index contributed by atoms with van der Waals surface area (Å²) >= 11 is 2.19. The first-order chi connectivity index (χ1) is 3.81. The molecule has 0 heterocycles. The van der Waals surface area contributed by atoms with Crippen LogP contribution in [0.15, 0.2) is 34.5 Å². The van der Waals surface area contributed by atoms with E-state index in [4.69, 9.17) is 0 Å². The number of hydrogen-bond acceptors (Lipinski definition) is 0. The lowest BCUT2D eigenvalue weighted by atomic mass is 10.3. The van der Waals surface area contributed by atoms with Gasteiger partial charge in [-0.25, -0.2) is 0 Å². The van der Waals surface area contributed by atoms with Gasteiger partial charge in [-0.05, 0) is 11.0 Å². The van der Waals surface area contributed by atoms with Crippen molar-refractivity contribution in [1.82, 2.24) is 0 Å². The Labute approximate surface area is 64.1 Å². The Morgan fingerprint density at radius 1 is 1.62 bits per heavy atom. The van der Waals surface area contributed by atoms with E-state index in [-0.39, 0.29) is 0 Å². The highest BCUT2D eigenvalue weighted by atomic mass is 127. The van der Waals surface area contributed by atoms with Crippen LogP contribution >= 0.6 is 22.6 Å². The lowest BCUT2D eigenvalue weighted by Crippen LogP contribution is -1.60. The minimum Gasteiger partial charge on any atom is -0.0991 e. The topological polar surface area (TPSA) is 0 Å². The Balaban J connectivity index is 3.79. The number of halogens is 1. The molecule has 1 heteroatoms. The van der Waals surface area contributed by atoms with Crippen LogP contribution < -0.4 is 0 Å². The summed E-state index contributed by atoms with van der Waals surface area (Å²) in [5.41, 5.74) is 1.23. The van der Waals surface area contributed by atoms with Crippen molar-refractivity contribution in [2.75, 3.05) is 0 Å². The van der Waals surface area contributed by atoms with Crippen LogP contribution in [0.2, 0.25) is 0 Å². The van der Waals surface area contributed by atoms with Crippen LogP contribution in [-0.2, 0) is 0 Å². The second kappa shape index (κ2) is 5.09. The lowest BCUT2D eigenvalue weighted by molar-refractivity contribution is 1.54. The van der Waals surface area contributed by atoms with E-state index in [1.807, 2.05) is 23.2 Å². The Morgan fingerprint density at radius 3 is 2.62 bits per heavy atom. The molecule has 0 aliphatic carbocycles. The average Bonchev–Trinajstić information content (AvgIpc) is 1.68. The van der Waals surface area contributed by atoms with Crippen LogP contribution in [0.25, 0.3) is 0 Å². The van der Waals surface area contributed by atoms with Crippen molar-refractivity contribution in [2.24, 2.45) is 0 Å². The van der Waals surface area contributed by atoms with Crippen molar-refractivity contribution in [1.29, 1.82) is 0 Å². The SMILES string of the molecule is C=C/C=C(C)\C=C/I. The van der Waals surface area contributed by atoms with Crippen molar-refractivity contribution in [3.05, 3.63) is 34.5 Å². The van der Waals surface area contributed by atoms with Crippen LogP contribution in [0, 0.1) is 0 Å². The molecule has 0 saturated carbocycles. The molecular formula is C7H9I. The molecule has 0 aromatic heterocycles. The van der Waals surface area contributed by atoms with Gasteiger partial charge in [0.25, 0.3) is 0 Å². The van der Waals surface area contributed by atoms with E-state index in [2.05, 4.69) is 29.2 Å². The minimum absolute atomic E-state index is 1.23. The van der Waals surface area contributed by atoms with Crippen LogP contribution in [0.3, 0.4) is 0 Å². The molecule has 0 amide bonds. The molecule has 0 spiro atoms. The molecule has 0 aliphatic rings. The zero-order chi connectivity index (χ0) is 6.41. The molecule has 0 aromatic rings. The van der Waals surface area contributed by atoms with Crippen LogP contribution in [0.1, 0.15) is 6.92 Å². The van der Waals surface area contributed by atoms with Gasteiger partial charge in [0, 0.05) is 0 Å². The summed E-state index contributed by atoms with van der Waals surface area (Å²) in [6.45, 7) is 5.61. The van der Waals surface area contributed by atoms with E-state index < -0.39 is 0 Å². The second-order valence-corrected chi connectivity index (χ2v) is 2.16. The van der Waals surface area contributed by atoms with Crippen LogP contribution in [0.4, 0.5) is 0 Å². The van der Waals surface area contributed by atoms with Crippen molar-refractivity contribution in [3.63, 3.8) is 0 Å². The standard InChI is InChI=1S/C7H9I/c1-3-4-7(2)5-6-8/h3-6H,1H2,2H3/b6-5-,7-4-. The van der Waals surface area contributed by atoms with Gasteiger partial charge in [0.1, 0.15) is 0 Å². The molecule has 0 unspecified atom stereocenters. The van der Waals surface area contributed by atoms with Gasteiger partial charge in [-0.15, -0.1) is 0 Å². The number of hydrogen-bond donors (Lipinski definition) is 0. The maximum absolute atomic E-state index is 3.57. The molecular weight excluding hydrogens is 211 g/mol. The summed E-state index contributed by atoms with van der Waals surface area (Å²) < 4.78 is 1.98. The first kappa shape index (κ1) is 7.95. The van der Waals surface area contributed by atoms with Crippen molar-refractivity contribution >= 4 is 22.6 Å².